The fraction of sp³-hybridized carbons (Fsp3) is 0.179. The van der Waals surface area contributed by atoms with E-state index < -0.39 is 0 Å². The van der Waals surface area contributed by atoms with Gasteiger partial charge in [0.05, 0.1) is 29.8 Å². The number of allylic oxidation sites excluding steroid dienone is 1. The Bertz CT molecular complexity index is 1330. The van der Waals surface area contributed by atoms with E-state index >= 15 is 0 Å². The van der Waals surface area contributed by atoms with Gasteiger partial charge in [0.15, 0.2) is 11.0 Å². The molecule has 0 aliphatic carbocycles. The number of hydrogen-bond acceptors (Lipinski definition) is 5. The predicted molar refractivity (Wildman–Crippen MR) is 140 cm³/mol. The van der Waals surface area contributed by atoms with Crippen LogP contribution in [0.25, 0.3) is 11.4 Å². The zero-order valence-electron chi connectivity index (χ0n) is 19.6. The van der Waals surface area contributed by atoms with Crippen LogP contribution in [0.4, 0.5) is 11.4 Å². The quantitative estimate of drug-likeness (QED) is 0.250. The predicted octanol–water partition coefficient (Wildman–Crippen LogP) is 5.70. The molecule has 1 amide bonds. The lowest BCUT2D eigenvalue weighted by Gasteiger charge is -2.25. The molecule has 2 heterocycles. The highest BCUT2D eigenvalue weighted by molar-refractivity contribution is 7.99. The molecule has 0 spiro atoms. The normalized spacial score (nSPS) is 12.4. The summed E-state index contributed by atoms with van der Waals surface area (Å²) in [5.41, 5.74) is 5.10. The number of rotatable bonds is 7. The molecule has 0 fully saturated rings. The van der Waals surface area contributed by atoms with Gasteiger partial charge in [-0.1, -0.05) is 66.4 Å². The number of thioether (sulfide) groups is 1. The molecule has 1 aliphatic rings. The Morgan fingerprint density at radius 3 is 2.26 bits per heavy atom. The molecular weight excluding hydrogens is 456 g/mol. The number of hydrogen-bond donors (Lipinski definition) is 0. The van der Waals surface area contributed by atoms with Crippen molar-refractivity contribution in [2.45, 2.75) is 24.5 Å². The third-order valence-corrected chi connectivity index (χ3v) is 7.03. The fourth-order valence-electron chi connectivity index (χ4n) is 4.46. The molecule has 0 saturated heterocycles. The first-order valence-electron chi connectivity index (χ1n) is 11.5. The lowest BCUT2D eigenvalue weighted by molar-refractivity contribution is -0.115. The number of amides is 1. The van der Waals surface area contributed by atoms with E-state index in [1.165, 1.54) is 22.9 Å². The Morgan fingerprint density at radius 2 is 1.60 bits per heavy atom. The summed E-state index contributed by atoms with van der Waals surface area (Å²) in [6.45, 7) is 4.41. The number of nitrogens with zero attached hydrogens (tertiary/aromatic N) is 4. The summed E-state index contributed by atoms with van der Waals surface area (Å²) in [5, 5.41) is 9.51. The minimum Gasteiger partial charge on any atom is -0.496 e. The Hall–Kier alpha value is -3.84. The second-order valence-electron chi connectivity index (χ2n) is 8.18. The number of para-hydroxylation sites is 3. The van der Waals surface area contributed by atoms with Gasteiger partial charge in [-0.2, -0.15) is 0 Å². The van der Waals surface area contributed by atoms with Crippen LogP contribution < -0.4 is 9.64 Å². The van der Waals surface area contributed by atoms with E-state index in [-0.39, 0.29) is 11.7 Å². The molecule has 0 unspecified atom stereocenters. The van der Waals surface area contributed by atoms with E-state index in [0.29, 0.717) is 17.5 Å². The van der Waals surface area contributed by atoms with Gasteiger partial charge in [0.2, 0.25) is 5.91 Å². The molecule has 176 valence electrons. The van der Waals surface area contributed by atoms with Gasteiger partial charge in [0.1, 0.15) is 5.75 Å². The number of anilines is 2. The van der Waals surface area contributed by atoms with Crippen molar-refractivity contribution in [3.8, 4) is 17.1 Å². The Labute approximate surface area is 209 Å². The summed E-state index contributed by atoms with van der Waals surface area (Å²) in [6, 6.07) is 24.0. The molecule has 4 aromatic rings. The molecule has 0 atom stereocenters. The smallest absolute Gasteiger partial charge is 0.242 e. The van der Waals surface area contributed by atoms with E-state index in [4.69, 9.17) is 4.74 Å². The number of carbonyl (C=O) groups is 1. The number of carbonyl (C=O) groups excluding carboxylic acids is 1. The molecule has 0 bridgehead atoms. The van der Waals surface area contributed by atoms with Crippen molar-refractivity contribution in [1.29, 1.82) is 0 Å². The highest BCUT2D eigenvalue weighted by Crippen LogP contribution is 2.37. The van der Waals surface area contributed by atoms with Crippen LogP contribution in [0.1, 0.15) is 11.1 Å². The third-order valence-electron chi connectivity index (χ3n) is 6.08. The summed E-state index contributed by atoms with van der Waals surface area (Å²) in [7, 11) is 1.64. The number of aromatic nitrogens is 3. The average Bonchev–Trinajstić information content (AvgIpc) is 3.21. The third kappa shape index (κ3) is 4.47. The summed E-state index contributed by atoms with van der Waals surface area (Å²) >= 11 is 1.38. The summed E-state index contributed by atoms with van der Waals surface area (Å²) in [6.07, 6.45) is 3.61. The monoisotopic (exact) mass is 482 g/mol. The van der Waals surface area contributed by atoms with Crippen LogP contribution in [0.15, 0.2) is 90.6 Å². The minimum atomic E-state index is 0.00351. The van der Waals surface area contributed by atoms with Gasteiger partial charge < -0.3 is 4.74 Å². The molecule has 3 aromatic carbocycles. The van der Waals surface area contributed by atoms with Crippen molar-refractivity contribution in [3.63, 3.8) is 0 Å². The molecule has 35 heavy (non-hydrogen) atoms. The molecule has 0 radical (unpaired) electrons. The maximum atomic E-state index is 13.7. The Kier molecular flexibility index (Phi) is 6.68. The van der Waals surface area contributed by atoms with Crippen LogP contribution in [-0.2, 0) is 24.2 Å². The lowest BCUT2D eigenvalue weighted by Crippen LogP contribution is -2.28. The van der Waals surface area contributed by atoms with Crippen molar-refractivity contribution in [2.24, 2.45) is 0 Å². The standard InChI is InChI=1S/C28H26N4O2S/c1-3-18-31-27(22-12-6-9-15-25(22)34-2)29-30-28(31)35-19-26(33)32-23-13-7-4-10-20(23)16-17-21-11-5-8-14-24(21)32/h3-15H,1,16-19H2,2H3. The SMILES string of the molecule is C=CCn1c(SCC(=O)N2c3ccccc3CCc3ccccc32)nnc1-c1ccccc1OC. The van der Waals surface area contributed by atoms with Gasteiger partial charge in [0, 0.05) is 6.54 Å². The maximum absolute atomic E-state index is 13.7. The molecular formula is C28H26N4O2S. The van der Waals surface area contributed by atoms with Crippen LogP contribution in [-0.4, -0.2) is 33.5 Å². The first kappa shape index (κ1) is 22.9. The lowest BCUT2D eigenvalue weighted by atomic mass is 10.0. The number of aryl methyl sites for hydroxylation is 2. The van der Waals surface area contributed by atoms with Crippen molar-refractivity contribution >= 4 is 29.0 Å². The zero-order valence-corrected chi connectivity index (χ0v) is 20.4. The second kappa shape index (κ2) is 10.2. The highest BCUT2D eigenvalue weighted by Gasteiger charge is 2.26. The summed E-state index contributed by atoms with van der Waals surface area (Å²) < 4.78 is 7.49. The van der Waals surface area contributed by atoms with Crippen LogP contribution >= 0.6 is 11.8 Å². The topological polar surface area (TPSA) is 60.2 Å². The molecule has 5 rings (SSSR count). The summed E-state index contributed by atoms with van der Waals surface area (Å²) in [4.78, 5) is 15.6. The number of ether oxygens (including phenoxy) is 1. The largest absolute Gasteiger partial charge is 0.496 e. The number of fused-ring (bicyclic) bond motifs is 2. The van der Waals surface area contributed by atoms with E-state index in [2.05, 4.69) is 28.9 Å². The minimum absolute atomic E-state index is 0.00351. The Balaban J connectivity index is 1.46. The zero-order chi connectivity index (χ0) is 24.2. The van der Waals surface area contributed by atoms with Gasteiger partial charge in [-0.05, 0) is 48.2 Å². The van der Waals surface area contributed by atoms with Gasteiger partial charge in [-0.25, -0.2) is 0 Å². The first-order chi connectivity index (χ1) is 17.2. The number of benzene rings is 3. The van der Waals surface area contributed by atoms with E-state index in [1.54, 1.807) is 13.2 Å². The van der Waals surface area contributed by atoms with Crippen molar-refractivity contribution in [2.75, 3.05) is 17.8 Å². The molecule has 1 aliphatic heterocycles. The van der Waals surface area contributed by atoms with Crippen LogP contribution in [0.3, 0.4) is 0 Å². The van der Waals surface area contributed by atoms with E-state index in [1.807, 2.05) is 70.1 Å². The Morgan fingerprint density at radius 1 is 0.971 bits per heavy atom. The van der Waals surface area contributed by atoms with Gasteiger partial charge in [-0.3, -0.25) is 14.3 Å². The molecule has 6 nitrogen and oxygen atoms in total. The molecule has 7 heteroatoms. The van der Waals surface area contributed by atoms with Crippen LogP contribution in [0.5, 0.6) is 5.75 Å². The molecule has 0 saturated carbocycles. The average molecular weight is 483 g/mol. The molecule has 1 aromatic heterocycles. The summed E-state index contributed by atoms with van der Waals surface area (Å²) in [5.74, 6) is 1.63. The maximum Gasteiger partial charge on any atom is 0.242 e. The van der Waals surface area contributed by atoms with E-state index in [9.17, 15) is 4.79 Å². The van der Waals surface area contributed by atoms with Crippen molar-refractivity contribution < 1.29 is 9.53 Å². The highest BCUT2D eigenvalue weighted by atomic mass is 32.2. The van der Waals surface area contributed by atoms with Crippen molar-refractivity contribution in [1.82, 2.24) is 14.8 Å². The van der Waals surface area contributed by atoms with Gasteiger partial charge in [0.25, 0.3) is 0 Å². The second-order valence-corrected chi connectivity index (χ2v) is 9.12. The van der Waals surface area contributed by atoms with E-state index in [0.717, 1.165) is 35.5 Å². The number of methoxy groups -OCH3 is 1. The van der Waals surface area contributed by atoms with Crippen molar-refractivity contribution in [3.05, 3.63) is 96.6 Å². The first-order valence-corrected chi connectivity index (χ1v) is 12.5. The fourth-order valence-corrected chi connectivity index (χ4v) is 5.25. The van der Waals surface area contributed by atoms with Gasteiger partial charge >= 0.3 is 0 Å². The van der Waals surface area contributed by atoms with Gasteiger partial charge in [-0.15, -0.1) is 16.8 Å². The molecule has 0 N–H and O–H groups in total. The van der Waals surface area contributed by atoms with Crippen LogP contribution in [0, 0.1) is 0 Å². The van der Waals surface area contributed by atoms with Crippen LogP contribution in [0.2, 0.25) is 0 Å².